The molecule has 1 aliphatic rings. The van der Waals surface area contributed by atoms with Crippen molar-refractivity contribution in [2.75, 3.05) is 0 Å². The van der Waals surface area contributed by atoms with Crippen molar-refractivity contribution in [1.82, 2.24) is 0 Å². The van der Waals surface area contributed by atoms with Crippen LogP contribution in [0.4, 0.5) is 4.39 Å². The molecule has 0 amide bonds. The minimum Gasteiger partial charge on any atom is -0.299 e. The molecule has 0 bridgehead atoms. The van der Waals surface area contributed by atoms with Crippen LogP contribution in [0.1, 0.15) is 50.5 Å². The highest BCUT2D eigenvalue weighted by Crippen LogP contribution is 2.26. The lowest BCUT2D eigenvalue weighted by Crippen LogP contribution is -2.18. The molecule has 1 aromatic carbocycles. The summed E-state index contributed by atoms with van der Waals surface area (Å²) >= 11 is 3.39. The van der Waals surface area contributed by atoms with E-state index >= 15 is 0 Å². The normalized spacial score (nSPS) is 17.8. The SMILES string of the molecule is O=C(Cc1cc(F)ccc1Br)C1CCCCCCC1. The molecule has 0 spiro atoms. The third-order valence-electron chi connectivity index (χ3n) is 3.93. The van der Waals surface area contributed by atoms with Crippen molar-refractivity contribution in [3.05, 3.63) is 34.1 Å². The average Bonchev–Trinajstić information content (AvgIpc) is 2.33. The highest BCUT2D eigenvalue weighted by atomic mass is 79.9. The molecule has 1 nitrogen and oxygen atoms in total. The third-order valence-corrected chi connectivity index (χ3v) is 4.71. The number of rotatable bonds is 3. The van der Waals surface area contributed by atoms with Gasteiger partial charge in [-0.1, -0.05) is 48.0 Å². The number of Topliss-reactive ketones (excluding diaryl/α,β-unsaturated/α-hetero) is 1. The van der Waals surface area contributed by atoms with Crippen molar-refractivity contribution in [3.63, 3.8) is 0 Å². The van der Waals surface area contributed by atoms with Crippen LogP contribution >= 0.6 is 15.9 Å². The maximum absolute atomic E-state index is 13.2. The zero-order valence-electron chi connectivity index (χ0n) is 11.1. The summed E-state index contributed by atoms with van der Waals surface area (Å²) in [5.74, 6) is 0.173. The van der Waals surface area contributed by atoms with Gasteiger partial charge in [0, 0.05) is 16.8 Å². The first-order valence-corrected chi connectivity index (χ1v) is 7.93. The Bertz CT molecular complexity index is 436. The van der Waals surface area contributed by atoms with Crippen LogP contribution in [0.3, 0.4) is 0 Å². The van der Waals surface area contributed by atoms with Crippen molar-refractivity contribution >= 4 is 21.7 Å². The van der Waals surface area contributed by atoms with Crippen LogP contribution in [0, 0.1) is 11.7 Å². The second-order valence-electron chi connectivity index (χ2n) is 5.42. The molecule has 2 rings (SSSR count). The number of hydrogen-bond donors (Lipinski definition) is 0. The van der Waals surface area contributed by atoms with Crippen LogP contribution < -0.4 is 0 Å². The predicted molar refractivity (Wildman–Crippen MR) is 78.6 cm³/mol. The average molecular weight is 327 g/mol. The molecule has 3 heteroatoms. The van der Waals surface area contributed by atoms with Gasteiger partial charge in [-0.2, -0.15) is 0 Å². The van der Waals surface area contributed by atoms with E-state index < -0.39 is 0 Å². The lowest BCUT2D eigenvalue weighted by molar-refractivity contribution is -0.122. The molecule has 1 aromatic rings. The summed E-state index contributed by atoms with van der Waals surface area (Å²) in [5, 5.41) is 0. The van der Waals surface area contributed by atoms with Crippen molar-refractivity contribution in [1.29, 1.82) is 0 Å². The Kier molecular flexibility index (Phi) is 5.56. The smallest absolute Gasteiger partial charge is 0.140 e. The number of benzene rings is 1. The molecule has 19 heavy (non-hydrogen) atoms. The standard InChI is InChI=1S/C16H20BrFO/c17-15-9-8-14(18)10-13(15)11-16(19)12-6-4-2-1-3-5-7-12/h8-10,12H,1-7,11H2. The summed E-state index contributed by atoms with van der Waals surface area (Å²) in [6, 6.07) is 4.55. The van der Waals surface area contributed by atoms with E-state index in [1.807, 2.05) is 0 Å². The topological polar surface area (TPSA) is 17.1 Å². The minimum atomic E-state index is -0.274. The second kappa shape index (κ2) is 7.18. The van der Waals surface area contributed by atoms with Gasteiger partial charge in [0.2, 0.25) is 0 Å². The molecule has 1 saturated carbocycles. The fourth-order valence-corrected chi connectivity index (χ4v) is 3.18. The number of halogens is 2. The Morgan fingerprint density at radius 1 is 1.16 bits per heavy atom. The summed E-state index contributed by atoms with van der Waals surface area (Å²) in [4.78, 5) is 12.4. The lowest BCUT2D eigenvalue weighted by Gasteiger charge is -2.18. The van der Waals surface area contributed by atoms with E-state index in [2.05, 4.69) is 15.9 Å². The van der Waals surface area contributed by atoms with E-state index in [1.165, 1.54) is 31.4 Å². The zero-order chi connectivity index (χ0) is 13.7. The molecule has 0 aliphatic heterocycles. The zero-order valence-corrected chi connectivity index (χ0v) is 12.7. The third kappa shape index (κ3) is 4.41. The highest BCUT2D eigenvalue weighted by molar-refractivity contribution is 9.10. The van der Waals surface area contributed by atoms with E-state index in [-0.39, 0.29) is 17.5 Å². The van der Waals surface area contributed by atoms with Gasteiger partial charge >= 0.3 is 0 Å². The van der Waals surface area contributed by atoms with Crippen LogP contribution in [0.25, 0.3) is 0 Å². The van der Waals surface area contributed by atoms with Crippen molar-refractivity contribution in [2.45, 2.75) is 51.4 Å². The summed E-state index contributed by atoms with van der Waals surface area (Å²) in [6.45, 7) is 0. The van der Waals surface area contributed by atoms with Crippen molar-refractivity contribution < 1.29 is 9.18 Å². The number of hydrogen-bond acceptors (Lipinski definition) is 1. The molecule has 1 aliphatic carbocycles. The Balaban J connectivity index is 2.00. The summed E-state index contributed by atoms with van der Waals surface area (Å²) in [7, 11) is 0. The minimum absolute atomic E-state index is 0.176. The quantitative estimate of drug-likeness (QED) is 0.758. The maximum atomic E-state index is 13.2. The number of carbonyl (C=O) groups is 1. The fourth-order valence-electron chi connectivity index (χ4n) is 2.79. The molecule has 0 saturated heterocycles. The molecule has 104 valence electrons. The monoisotopic (exact) mass is 326 g/mol. The second-order valence-corrected chi connectivity index (χ2v) is 6.28. The van der Waals surface area contributed by atoms with Gasteiger partial charge < -0.3 is 0 Å². The van der Waals surface area contributed by atoms with Gasteiger partial charge in [0.25, 0.3) is 0 Å². The Hall–Kier alpha value is -0.700. The Morgan fingerprint density at radius 2 is 1.79 bits per heavy atom. The summed E-state index contributed by atoms with van der Waals surface area (Å²) < 4.78 is 14.1. The van der Waals surface area contributed by atoms with Gasteiger partial charge in [0.1, 0.15) is 11.6 Å². The van der Waals surface area contributed by atoms with Crippen LogP contribution in [-0.4, -0.2) is 5.78 Å². The summed E-state index contributed by atoms with van der Waals surface area (Å²) in [5.41, 5.74) is 0.770. The molecule has 0 heterocycles. The first-order valence-electron chi connectivity index (χ1n) is 7.13. The van der Waals surface area contributed by atoms with E-state index in [0.29, 0.717) is 6.42 Å². The van der Waals surface area contributed by atoms with Crippen LogP contribution in [0.2, 0.25) is 0 Å². The molecule has 0 N–H and O–H groups in total. The fraction of sp³-hybridized carbons (Fsp3) is 0.562. The van der Waals surface area contributed by atoms with Crippen LogP contribution in [0.15, 0.2) is 22.7 Å². The lowest BCUT2D eigenvalue weighted by atomic mass is 9.86. The molecule has 0 aromatic heterocycles. The Labute approximate surface area is 122 Å². The van der Waals surface area contributed by atoms with Crippen molar-refractivity contribution in [2.24, 2.45) is 5.92 Å². The largest absolute Gasteiger partial charge is 0.299 e. The molecule has 0 radical (unpaired) electrons. The molecule has 1 fully saturated rings. The van der Waals surface area contributed by atoms with Gasteiger partial charge in [0.15, 0.2) is 0 Å². The van der Waals surface area contributed by atoms with Gasteiger partial charge in [-0.15, -0.1) is 0 Å². The van der Waals surface area contributed by atoms with E-state index in [1.54, 1.807) is 6.07 Å². The maximum Gasteiger partial charge on any atom is 0.140 e. The number of carbonyl (C=O) groups excluding carboxylic acids is 1. The molecular formula is C16H20BrFO. The van der Waals surface area contributed by atoms with Gasteiger partial charge in [0.05, 0.1) is 0 Å². The summed E-state index contributed by atoms with van der Waals surface area (Å²) in [6.07, 6.45) is 8.46. The van der Waals surface area contributed by atoms with E-state index in [0.717, 1.165) is 35.7 Å². The predicted octanol–water partition coefficient (Wildman–Crippen LogP) is 5.06. The Morgan fingerprint density at radius 3 is 2.47 bits per heavy atom. The van der Waals surface area contributed by atoms with Gasteiger partial charge in [-0.25, -0.2) is 4.39 Å². The van der Waals surface area contributed by atoms with E-state index in [9.17, 15) is 9.18 Å². The van der Waals surface area contributed by atoms with Crippen LogP contribution in [0.5, 0.6) is 0 Å². The van der Waals surface area contributed by atoms with Crippen molar-refractivity contribution in [3.8, 4) is 0 Å². The molecule has 0 atom stereocenters. The molecule has 0 unspecified atom stereocenters. The molecular weight excluding hydrogens is 307 g/mol. The number of ketones is 1. The highest BCUT2D eigenvalue weighted by Gasteiger charge is 2.20. The van der Waals surface area contributed by atoms with Gasteiger partial charge in [-0.05, 0) is 36.6 Å². The first kappa shape index (κ1) is 14.7. The first-order chi connectivity index (χ1) is 9.16. The van der Waals surface area contributed by atoms with E-state index in [4.69, 9.17) is 0 Å². The van der Waals surface area contributed by atoms with Crippen LogP contribution in [-0.2, 0) is 11.2 Å². The van der Waals surface area contributed by atoms with Gasteiger partial charge in [-0.3, -0.25) is 4.79 Å².